The van der Waals surface area contributed by atoms with Gasteiger partial charge in [0.1, 0.15) is 0 Å². The Labute approximate surface area is 121 Å². The molecule has 0 bridgehead atoms. The molecule has 5 nitrogen and oxygen atoms in total. The largest absolute Gasteiger partial charge is 0.375 e. The second-order valence-electron chi connectivity index (χ2n) is 4.81. The summed E-state index contributed by atoms with van der Waals surface area (Å²) in [5.74, 6) is 3.93. The van der Waals surface area contributed by atoms with Gasteiger partial charge in [0.25, 0.3) is 0 Å². The van der Waals surface area contributed by atoms with E-state index in [2.05, 4.69) is 22.4 Å². The molecule has 2 fully saturated rings. The van der Waals surface area contributed by atoms with Crippen molar-refractivity contribution in [1.29, 1.82) is 0 Å². The number of hydrogen-bond acceptors (Lipinski definition) is 7. The van der Waals surface area contributed by atoms with Crippen molar-refractivity contribution in [3.8, 4) is 0 Å². The van der Waals surface area contributed by atoms with E-state index in [1.807, 2.05) is 23.5 Å². The van der Waals surface area contributed by atoms with E-state index in [-0.39, 0.29) is 6.10 Å². The maximum Gasteiger partial charge on any atom is 0.229 e. The van der Waals surface area contributed by atoms with Gasteiger partial charge >= 0.3 is 0 Å². The number of hydrogen-bond donors (Lipinski definition) is 1. The van der Waals surface area contributed by atoms with Gasteiger partial charge in [-0.3, -0.25) is 0 Å². The summed E-state index contributed by atoms with van der Waals surface area (Å²) in [4.78, 5) is 4.56. The Morgan fingerprint density at radius 3 is 3.05 bits per heavy atom. The maximum absolute atomic E-state index is 5.66. The first kappa shape index (κ1) is 13.7. The average molecular weight is 301 g/mol. The molecule has 0 radical (unpaired) electrons. The molecule has 2 aliphatic rings. The van der Waals surface area contributed by atoms with Gasteiger partial charge in [-0.2, -0.15) is 16.7 Å². The van der Waals surface area contributed by atoms with Crippen LogP contribution in [0.1, 0.15) is 23.9 Å². The Morgan fingerprint density at radius 1 is 1.37 bits per heavy atom. The summed E-state index contributed by atoms with van der Waals surface area (Å²) < 4.78 is 11.0. The number of thioether (sulfide) groups is 2. The summed E-state index contributed by atoms with van der Waals surface area (Å²) in [6, 6.07) is 0. The number of nitrogens with zero attached hydrogens (tertiary/aromatic N) is 2. The number of morpholine rings is 1. The fraction of sp³-hybridized carbons (Fsp3) is 0.833. The topological polar surface area (TPSA) is 60.2 Å². The molecule has 1 N–H and O–H groups in total. The van der Waals surface area contributed by atoms with E-state index in [9.17, 15) is 0 Å². The van der Waals surface area contributed by atoms with E-state index in [0.29, 0.717) is 22.8 Å². The Bertz CT molecular complexity index is 409. The van der Waals surface area contributed by atoms with Crippen LogP contribution in [0.15, 0.2) is 4.52 Å². The Kier molecular flexibility index (Phi) is 4.68. The van der Waals surface area contributed by atoms with Gasteiger partial charge in [-0.15, -0.1) is 11.8 Å². The third-order valence-corrected chi connectivity index (χ3v) is 6.42. The molecule has 1 aromatic heterocycles. The van der Waals surface area contributed by atoms with Crippen LogP contribution in [0.25, 0.3) is 0 Å². The molecule has 19 heavy (non-hydrogen) atoms. The van der Waals surface area contributed by atoms with Crippen molar-refractivity contribution in [1.82, 2.24) is 15.5 Å². The number of aromatic nitrogens is 2. The summed E-state index contributed by atoms with van der Waals surface area (Å²) in [5.41, 5.74) is 0. The molecule has 3 rings (SSSR count). The molecule has 0 spiro atoms. The average Bonchev–Trinajstić information content (AvgIpc) is 2.89. The lowest BCUT2D eigenvalue weighted by Crippen LogP contribution is -2.39. The van der Waals surface area contributed by atoms with E-state index < -0.39 is 0 Å². The van der Waals surface area contributed by atoms with Crippen molar-refractivity contribution in [3.05, 3.63) is 11.7 Å². The van der Waals surface area contributed by atoms with Gasteiger partial charge in [0.05, 0.1) is 24.4 Å². The van der Waals surface area contributed by atoms with E-state index in [1.165, 1.54) is 11.5 Å². The molecule has 3 unspecified atom stereocenters. The highest BCUT2D eigenvalue weighted by molar-refractivity contribution is 8.06. The summed E-state index contributed by atoms with van der Waals surface area (Å²) in [6.07, 6.45) is 0.867. The van der Waals surface area contributed by atoms with Gasteiger partial charge < -0.3 is 14.6 Å². The van der Waals surface area contributed by atoms with E-state index >= 15 is 0 Å². The van der Waals surface area contributed by atoms with Crippen molar-refractivity contribution in [3.63, 3.8) is 0 Å². The van der Waals surface area contributed by atoms with E-state index in [0.717, 1.165) is 25.5 Å². The highest BCUT2D eigenvalue weighted by atomic mass is 32.2. The molecule has 1 aromatic rings. The third kappa shape index (κ3) is 3.45. The predicted octanol–water partition coefficient (Wildman–Crippen LogP) is 1.51. The van der Waals surface area contributed by atoms with Crippen LogP contribution in [0, 0.1) is 0 Å². The first-order valence-electron chi connectivity index (χ1n) is 6.71. The summed E-state index contributed by atoms with van der Waals surface area (Å²) >= 11 is 3.92. The summed E-state index contributed by atoms with van der Waals surface area (Å²) in [7, 11) is 0. The second kappa shape index (κ2) is 6.47. The van der Waals surface area contributed by atoms with Crippen molar-refractivity contribution in [2.75, 3.05) is 31.2 Å². The Balaban J connectivity index is 1.61. The molecular weight excluding hydrogens is 282 g/mol. The predicted molar refractivity (Wildman–Crippen MR) is 77.7 cm³/mol. The fourth-order valence-electron chi connectivity index (χ4n) is 2.33. The highest BCUT2D eigenvalue weighted by Crippen LogP contribution is 2.41. The van der Waals surface area contributed by atoms with Crippen molar-refractivity contribution >= 4 is 23.5 Å². The van der Waals surface area contributed by atoms with Crippen LogP contribution in [0.3, 0.4) is 0 Å². The Hall–Kier alpha value is -0.240. The summed E-state index contributed by atoms with van der Waals surface area (Å²) in [5, 5.41) is 8.38. The highest BCUT2D eigenvalue weighted by Gasteiger charge is 2.29. The zero-order valence-electron chi connectivity index (χ0n) is 11.0. The molecule has 3 atom stereocenters. The van der Waals surface area contributed by atoms with Crippen molar-refractivity contribution in [2.24, 2.45) is 0 Å². The van der Waals surface area contributed by atoms with Crippen molar-refractivity contribution in [2.45, 2.75) is 29.9 Å². The van der Waals surface area contributed by atoms with Crippen LogP contribution >= 0.6 is 23.5 Å². The second-order valence-corrected chi connectivity index (χ2v) is 7.55. The van der Waals surface area contributed by atoms with Gasteiger partial charge in [-0.25, -0.2) is 0 Å². The first-order valence-corrected chi connectivity index (χ1v) is 8.80. The normalized spacial score (nSPS) is 32.4. The van der Waals surface area contributed by atoms with Crippen LogP contribution in [0.5, 0.6) is 0 Å². The SMILES string of the molecule is CC1SCCSC1c1noc(CC2CNCCO2)n1. The molecule has 0 aromatic carbocycles. The minimum Gasteiger partial charge on any atom is -0.375 e. The van der Waals surface area contributed by atoms with Crippen LogP contribution in [0.2, 0.25) is 0 Å². The van der Waals surface area contributed by atoms with Crippen LogP contribution in [-0.4, -0.2) is 52.7 Å². The zero-order valence-corrected chi connectivity index (χ0v) is 12.6. The molecule has 7 heteroatoms. The van der Waals surface area contributed by atoms with Crippen LogP contribution in [0.4, 0.5) is 0 Å². The van der Waals surface area contributed by atoms with Crippen LogP contribution in [-0.2, 0) is 11.2 Å². The Morgan fingerprint density at radius 2 is 2.26 bits per heavy atom. The molecular formula is C12H19N3O2S2. The van der Waals surface area contributed by atoms with E-state index in [4.69, 9.17) is 9.26 Å². The lowest BCUT2D eigenvalue weighted by molar-refractivity contribution is 0.0246. The third-order valence-electron chi connectivity index (χ3n) is 3.33. The van der Waals surface area contributed by atoms with Crippen LogP contribution < -0.4 is 5.32 Å². The molecule has 106 valence electrons. The van der Waals surface area contributed by atoms with Gasteiger partial charge in [-0.05, 0) is 0 Å². The molecule has 2 aliphatic heterocycles. The first-order chi connectivity index (χ1) is 9.33. The zero-order chi connectivity index (χ0) is 13.1. The minimum absolute atomic E-state index is 0.160. The molecule has 3 heterocycles. The van der Waals surface area contributed by atoms with Gasteiger partial charge in [-0.1, -0.05) is 12.1 Å². The standard InChI is InChI=1S/C12H19N3O2S2/c1-8-11(19-5-4-18-8)12-14-10(17-15-12)6-9-7-13-2-3-16-9/h8-9,11,13H,2-7H2,1H3. The molecule has 0 amide bonds. The maximum atomic E-state index is 5.66. The quantitative estimate of drug-likeness (QED) is 0.908. The van der Waals surface area contributed by atoms with Crippen molar-refractivity contribution < 1.29 is 9.26 Å². The monoisotopic (exact) mass is 301 g/mol. The summed E-state index contributed by atoms with van der Waals surface area (Å²) in [6.45, 7) is 4.80. The lowest BCUT2D eigenvalue weighted by atomic mass is 10.2. The minimum atomic E-state index is 0.160. The number of rotatable bonds is 3. The molecule has 0 saturated carbocycles. The number of ether oxygens (including phenoxy) is 1. The lowest BCUT2D eigenvalue weighted by Gasteiger charge is -2.24. The smallest absolute Gasteiger partial charge is 0.229 e. The van der Waals surface area contributed by atoms with Gasteiger partial charge in [0, 0.05) is 29.8 Å². The molecule has 0 aliphatic carbocycles. The fourth-order valence-corrected chi connectivity index (χ4v) is 5.01. The number of nitrogens with one attached hydrogen (secondary N) is 1. The van der Waals surface area contributed by atoms with Gasteiger partial charge in [0.15, 0.2) is 5.82 Å². The van der Waals surface area contributed by atoms with Gasteiger partial charge in [0.2, 0.25) is 5.89 Å². The molecule has 2 saturated heterocycles. The van der Waals surface area contributed by atoms with E-state index in [1.54, 1.807) is 0 Å².